The molecule has 17 heavy (non-hydrogen) atoms. The van der Waals surface area contributed by atoms with Gasteiger partial charge in [0, 0.05) is 16.9 Å². The van der Waals surface area contributed by atoms with Crippen molar-refractivity contribution in [1.29, 1.82) is 0 Å². The Morgan fingerprint density at radius 2 is 2.12 bits per heavy atom. The van der Waals surface area contributed by atoms with E-state index in [1.807, 2.05) is 19.1 Å². The van der Waals surface area contributed by atoms with Crippen molar-refractivity contribution in [2.75, 3.05) is 5.32 Å². The van der Waals surface area contributed by atoms with Crippen molar-refractivity contribution >= 4 is 16.7 Å². The Morgan fingerprint density at radius 1 is 1.35 bits per heavy atom. The van der Waals surface area contributed by atoms with Gasteiger partial charge >= 0.3 is 0 Å². The van der Waals surface area contributed by atoms with Gasteiger partial charge in [-0.1, -0.05) is 20.8 Å². The van der Waals surface area contributed by atoms with Crippen LogP contribution in [0.2, 0.25) is 0 Å². The van der Waals surface area contributed by atoms with Crippen molar-refractivity contribution in [2.24, 2.45) is 0 Å². The predicted octanol–water partition coefficient (Wildman–Crippen LogP) is 3.35. The molecule has 2 rings (SSSR count). The Bertz CT molecular complexity index is 496. The summed E-state index contributed by atoms with van der Waals surface area (Å²) < 4.78 is 9.82. The second-order valence-corrected chi connectivity index (χ2v) is 5.79. The molecule has 0 aliphatic carbocycles. The normalized spacial score (nSPS) is 11.8. The fourth-order valence-electron chi connectivity index (χ4n) is 1.34. The maximum atomic E-state index is 5.47. The number of hydrogen-bond donors (Lipinski definition) is 1. The van der Waals surface area contributed by atoms with Gasteiger partial charge in [-0.2, -0.15) is 4.37 Å². The molecule has 0 aromatic carbocycles. The summed E-state index contributed by atoms with van der Waals surface area (Å²) in [5.41, 5.74) is -0.00228. The summed E-state index contributed by atoms with van der Waals surface area (Å²) >= 11 is 1.39. The number of aromatic nitrogens is 2. The van der Waals surface area contributed by atoms with E-state index in [2.05, 4.69) is 35.4 Å². The molecule has 0 radical (unpaired) electrons. The van der Waals surface area contributed by atoms with Crippen molar-refractivity contribution in [3.05, 3.63) is 29.5 Å². The number of nitrogens with one attached hydrogen (secondary N) is 1. The highest BCUT2D eigenvalue weighted by molar-refractivity contribution is 7.09. The molecule has 0 saturated carbocycles. The van der Waals surface area contributed by atoms with Crippen molar-refractivity contribution < 1.29 is 4.42 Å². The molecular formula is C12H17N3OS. The largest absolute Gasteiger partial charge is 0.465 e. The van der Waals surface area contributed by atoms with E-state index in [1.165, 1.54) is 11.5 Å². The second kappa shape index (κ2) is 4.49. The summed E-state index contributed by atoms with van der Waals surface area (Å²) in [6.07, 6.45) is 0. The summed E-state index contributed by atoms with van der Waals surface area (Å²) in [5.74, 6) is 2.71. The molecule has 0 aliphatic rings. The standard InChI is InChI=1S/C12H17N3OS/c1-8-5-6-9(16-8)7-13-11-14-10(15-17-11)12(2,3)4/h5-6H,7H2,1-4H3,(H,13,14,15). The molecule has 0 atom stereocenters. The van der Waals surface area contributed by atoms with Crippen LogP contribution in [0.5, 0.6) is 0 Å². The predicted molar refractivity (Wildman–Crippen MR) is 69.4 cm³/mol. The lowest BCUT2D eigenvalue weighted by molar-refractivity contribution is 0.490. The van der Waals surface area contributed by atoms with E-state index in [0.29, 0.717) is 6.54 Å². The fourth-order valence-corrected chi connectivity index (χ4v) is 2.09. The Balaban J connectivity index is 1.98. The van der Waals surface area contributed by atoms with Crippen LogP contribution in [0.4, 0.5) is 5.13 Å². The van der Waals surface area contributed by atoms with Crippen LogP contribution in [0.1, 0.15) is 38.1 Å². The molecule has 0 unspecified atom stereocenters. The van der Waals surface area contributed by atoms with Gasteiger partial charge in [0.25, 0.3) is 0 Å². The Hall–Kier alpha value is -1.36. The van der Waals surface area contributed by atoms with Gasteiger partial charge < -0.3 is 9.73 Å². The summed E-state index contributed by atoms with van der Waals surface area (Å²) in [6, 6.07) is 3.92. The highest BCUT2D eigenvalue weighted by Crippen LogP contribution is 2.23. The minimum atomic E-state index is -0.00228. The van der Waals surface area contributed by atoms with E-state index >= 15 is 0 Å². The Kier molecular flexibility index (Phi) is 3.19. The topological polar surface area (TPSA) is 51.0 Å². The van der Waals surface area contributed by atoms with Gasteiger partial charge in [0.1, 0.15) is 17.3 Å². The first-order valence-electron chi connectivity index (χ1n) is 5.58. The molecule has 0 spiro atoms. The monoisotopic (exact) mass is 251 g/mol. The van der Waals surface area contributed by atoms with Crippen LogP contribution < -0.4 is 5.32 Å². The van der Waals surface area contributed by atoms with Crippen molar-refractivity contribution in [2.45, 2.75) is 39.7 Å². The number of aryl methyl sites for hydroxylation is 1. The third kappa shape index (κ3) is 3.06. The van der Waals surface area contributed by atoms with Crippen molar-refractivity contribution in [1.82, 2.24) is 9.36 Å². The lowest BCUT2D eigenvalue weighted by Crippen LogP contribution is -2.13. The minimum Gasteiger partial charge on any atom is -0.465 e. The van der Waals surface area contributed by atoms with Gasteiger partial charge in [0.2, 0.25) is 5.13 Å². The third-order valence-electron chi connectivity index (χ3n) is 2.31. The van der Waals surface area contributed by atoms with E-state index in [9.17, 15) is 0 Å². The number of rotatable bonds is 3. The summed E-state index contributed by atoms with van der Waals surface area (Å²) in [5, 5.41) is 4.05. The molecule has 2 heterocycles. The molecule has 0 bridgehead atoms. The van der Waals surface area contributed by atoms with E-state index in [-0.39, 0.29) is 5.41 Å². The smallest absolute Gasteiger partial charge is 0.202 e. The second-order valence-electron chi connectivity index (χ2n) is 5.04. The SMILES string of the molecule is Cc1ccc(CNc2nc(C(C)(C)C)ns2)o1. The first-order valence-corrected chi connectivity index (χ1v) is 6.36. The van der Waals surface area contributed by atoms with Gasteiger partial charge in [0.05, 0.1) is 6.54 Å². The molecule has 2 aromatic rings. The molecule has 0 saturated heterocycles. The summed E-state index contributed by atoms with van der Waals surface area (Å²) in [4.78, 5) is 4.46. The van der Waals surface area contributed by atoms with E-state index in [4.69, 9.17) is 4.42 Å². The maximum Gasteiger partial charge on any atom is 0.202 e. The van der Waals surface area contributed by atoms with Gasteiger partial charge in [0.15, 0.2) is 0 Å². The first kappa shape index (κ1) is 12.1. The third-order valence-corrected chi connectivity index (χ3v) is 2.98. The molecular weight excluding hydrogens is 234 g/mol. The quantitative estimate of drug-likeness (QED) is 0.909. The van der Waals surface area contributed by atoms with Crippen LogP contribution in [0.25, 0.3) is 0 Å². The van der Waals surface area contributed by atoms with Gasteiger partial charge in [-0.15, -0.1) is 0 Å². The van der Waals surface area contributed by atoms with E-state index in [0.717, 1.165) is 22.5 Å². The van der Waals surface area contributed by atoms with Crippen LogP contribution >= 0.6 is 11.5 Å². The number of hydrogen-bond acceptors (Lipinski definition) is 5. The Morgan fingerprint density at radius 3 is 2.65 bits per heavy atom. The lowest BCUT2D eigenvalue weighted by atomic mass is 9.96. The minimum absolute atomic E-state index is 0.00228. The zero-order valence-corrected chi connectivity index (χ0v) is 11.4. The van der Waals surface area contributed by atoms with Gasteiger partial charge in [-0.3, -0.25) is 0 Å². The highest BCUT2D eigenvalue weighted by Gasteiger charge is 2.19. The maximum absolute atomic E-state index is 5.47. The molecule has 1 N–H and O–H groups in total. The molecule has 5 heteroatoms. The van der Waals surface area contributed by atoms with Crippen LogP contribution in [0.15, 0.2) is 16.5 Å². The van der Waals surface area contributed by atoms with Gasteiger partial charge in [-0.25, -0.2) is 4.98 Å². The van der Waals surface area contributed by atoms with Crippen molar-refractivity contribution in [3.8, 4) is 0 Å². The zero-order valence-electron chi connectivity index (χ0n) is 10.6. The van der Waals surface area contributed by atoms with Crippen LogP contribution in [-0.4, -0.2) is 9.36 Å². The van der Waals surface area contributed by atoms with Gasteiger partial charge in [-0.05, 0) is 19.1 Å². The highest BCUT2D eigenvalue weighted by atomic mass is 32.1. The molecule has 4 nitrogen and oxygen atoms in total. The number of nitrogens with zero attached hydrogens (tertiary/aromatic N) is 2. The van der Waals surface area contributed by atoms with Crippen LogP contribution in [-0.2, 0) is 12.0 Å². The molecule has 0 aliphatic heterocycles. The van der Waals surface area contributed by atoms with E-state index < -0.39 is 0 Å². The Labute approximate surface area is 105 Å². The fraction of sp³-hybridized carbons (Fsp3) is 0.500. The molecule has 92 valence electrons. The zero-order chi connectivity index (χ0) is 12.5. The van der Waals surface area contributed by atoms with Crippen LogP contribution in [0, 0.1) is 6.92 Å². The summed E-state index contributed by atoms with van der Waals surface area (Å²) in [7, 11) is 0. The number of anilines is 1. The van der Waals surface area contributed by atoms with E-state index in [1.54, 1.807) is 0 Å². The number of furan rings is 1. The molecule has 2 aromatic heterocycles. The summed E-state index contributed by atoms with van der Waals surface area (Å²) in [6.45, 7) is 8.90. The average molecular weight is 251 g/mol. The lowest BCUT2D eigenvalue weighted by Gasteiger charge is -2.12. The molecule has 0 fully saturated rings. The average Bonchev–Trinajstić information content (AvgIpc) is 2.82. The van der Waals surface area contributed by atoms with Crippen LogP contribution in [0.3, 0.4) is 0 Å². The van der Waals surface area contributed by atoms with Crippen molar-refractivity contribution in [3.63, 3.8) is 0 Å². The first-order chi connectivity index (χ1) is 7.95. The molecule has 0 amide bonds.